The third kappa shape index (κ3) is 10.4. The second-order valence-corrected chi connectivity index (χ2v) is 11.5. The highest BCUT2D eigenvalue weighted by Gasteiger charge is 2.35. The van der Waals surface area contributed by atoms with E-state index in [1.165, 1.54) is 19.0 Å². The molecule has 3 amide bonds. The molecule has 1 saturated heterocycles. The van der Waals surface area contributed by atoms with Gasteiger partial charge < -0.3 is 20.1 Å². The number of methoxy groups -OCH3 is 1. The lowest BCUT2D eigenvalue weighted by Crippen LogP contribution is -2.61. The Morgan fingerprint density at radius 1 is 1.11 bits per heavy atom. The highest BCUT2D eigenvalue weighted by Crippen LogP contribution is 2.26. The van der Waals surface area contributed by atoms with Gasteiger partial charge in [-0.05, 0) is 32.6 Å². The Labute approximate surface area is 227 Å². The number of ether oxygens (including phenoxy) is 2. The van der Waals surface area contributed by atoms with Crippen molar-refractivity contribution in [3.05, 3.63) is 12.2 Å². The molecule has 1 rings (SSSR count). The van der Waals surface area contributed by atoms with Gasteiger partial charge in [-0.1, -0.05) is 67.7 Å². The van der Waals surface area contributed by atoms with E-state index in [9.17, 15) is 19.2 Å². The van der Waals surface area contributed by atoms with E-state index in [-0.39, 0.29) is 11.8 Å². The van der Waals surface area contributed by atoms with E-state index < -0.39 is 58.3 Å². The lowest BCUT2D eigenvalue weighted by molar-refractivity contribution is -0.152. The monoisotopic (exact) mass is 570 g/mol. The number of esters is 1. The minimum Gasteiger partial charge on any atom is -0.460 e. The Bertz CT molecular complexity index is 805. The van der Waals surface area contributed by atoms with Crippen LogP contribution < -0.4 is 16.1 Å². The van der Waals surface area contributed by atoms with Gasteiger partial charge in [-0.25, -0.2) is 5.43 Å². The fraction of sp³-hybridized carbons (Fsp3) is 0.739. The van der Waals surface area contributed by atoms with Crippen LogP contribution in [0.3, 0.4) is 0 Å². The first-order chi connectivity index (χ1) is 16.7. The molecular weight excluding hydrogens is 535 g/mol. The third-order valence-corrected chi connectivity index (χ3v) is 5.98. The zero-order valence-corrected chi connectivity index (χ0v) is 23.7. The minimum atomic E-state index is -1.74. The van der Waals surface area contributed by atoms with Crippen LogP contribution in [0.4, 0.5) is 0 Å². The van der Waals surface area contributed by atoms with Crippen molar-refractivity contribution >= 4 is 58.5 Å². The molecule has 0 bridgehead atoms. The molecule has 1 aliphatic heterocycles. The number of halogens is 3. The Kier molecular flexibility index (Phi) is 13.5. The first-order valence-corrected chi connectivity index (χ1v) is 12.9. The fourth-order valence-electron chi connectivity index (χ4n) is 3.58. The molecule has 3 N–H and O–H groups in total. The van der Waals surface area contributed by atoms with E-state index in [4.69, 9.17) is 44.3 Å². The molecule has 0 aromatic rings. The number of rotatable bonds is 11. The highest BCUT2D eigenvalue weighted by atomic mass is 35.6. The summed E-state index contributed by atoms with van der Waals surface area (Å²) in [6.07, 6.45) is 4.08. The van der Waals surface area contributed by atoms with Crippen LogP contribution in [-0.2, 0) is 28.7 Å². The lowest BCUT2D eigenvalue weighted by Gasteiger charge is -2.35. The molecule has 0 radical (unpaired) electrons. The molecule has 1 heterocycles. The Morgan fingerprint density at radius 2 is 1.75 bits per heavy atom. The maximum absolute atomic E-state index is 13.0. The average molecular weight is 572 g/mol. The number of hydrogen-bond acceptors (Lipinski definition) is 7. The summed E-state index contributed by atoms with van der Waals surface area (Å²) in [6.45, 7) is 8.56. The maximum Gasteiger partial charge on any atom is 0.325 e. The van der Waals surface area contributed by atoms with Crippen molar-refractivity contribution in [2.75, 3.05) is 20.3 Å². The van der Waals surface area contributed by atoms with E-state index >= 15 is 0 Å². The van der Waals surface area contributed by atoms with Crippen LogP contribution in [0.2, 0.25) is 0 Å². The summed E-state index contributed by atoms with van der Waals surface area (Å²) in [7, 11) is 1.51. The predicted molar refractivity (Wildman–Crippen MR) is 138 cm³/mol. The molecule has 5 atom stereocenters. The molecule has 0 aliphatic carbocycles. The number of hydrazine groups is 1. The summed E-state index contributed by atoms with van der Waals surface area (Å²) in [6, 6.07) is -2.59. The van der Waals surface area contributed by atoms with Crippen molar-refractivity contribution in [2.45, 2.75) is 75.5 Å². The SMILES string of the molecule is C/C=C/[C@@H](OC)[C@@H](C)C(=O)N[C@H](C(=O)N[C@@H](C)C(=O)N1CCC[C@@H](C(=O)OCC(Cl)(Cl)Cl)N1)C(C)C. The summed E-state index contributed by atoms with van der Waals surface area (Å²) in [5.41, 5.74) is 2.81. The molecule has 1 aliphatic rings. The second-order valence-electron chi connectivity index (χ2n) is 9.01. The number of carbonyl (C=O) groups excluding carboxylic acids is 4. The van der Waals surface area contributed by atoms with Crippen molar-refractivity contribution in [1.29, 1.82) is 0 Å². The number of nitrogens with zero attached hydrogens (tertiary/aromatic N) is 1. The van der Waals surface area contributed by atoms with E-state index in [1.807, 2.05) is 6.92 Å². The normalized spacial score (nSPS) is 19.9. The fourth-order valence-corrected chi connectivity index (χ4v) is 3.74. The van der Waals surface area contributed by atoms with Crippen molar-refractivity contribution in [3.63, 3.8) is 0 Å². The van der Waals surface area contributed by atoms with Crippen LogP contribution in [-0.4, -0.2) is 77.0 Å². The van der Waals surface area contributed by atoms with Gasteiger partial charge in [-0.15, -0.1) is 0 Å². The van der Waals surface area contributed by atoms with Gasteiger partial charge in [-0.3, -0.25) is 24.2 Å². The largest absolute Gasteiger partial charge is 0.460 e. The van der Waals surface area contributed by atoms with Crippen LogP contribution in [0.25, 0.3) is 0 Å². The van der Waals surface area contributed by atoms with Gasteiger partial charge in [0.05, 0.1) is 12.0 Å². The Balaban J connectivity index is 2.76. The van der Waals surface area contributed by atoms with Gasteiger partial charge in [0.25, 0.3) is 5.91 Å². The minimum absolute atomic E-state index is 0.239. The molecule has 1 fully saturated rings. The Morgan fingerprint density at radius 3 is 2.28 bits per heavy atom. The van der Waals surface area contributed by atoms with Gasteiger partial charge in [0, 0.05) is 13.7 Å². The number of alkyl halides is 3. The van der Waals surface area contributed by atoms with Crippen LogP contribution in [0, 0.1) is 11.8 Å². The van der Waals surface area contributed by atoms with Gasteiger partial charge >= 0.3 is 5.97 Å². The summed E-state index contributed by atoms with van der Waals surface area (Å²) in [5.74, 6) is -2.72. The van der Waals surface area contributed by atoms with Crippen molar-refractivity contribution < 1.29 is 28.7 Å². The molecular formula is C23H37Cl3N4O6. The molecule has 0 spiro atoms. The number of carbonyl (C=O) groups is 4. The first-order valence-electron chi connectivity index (χ1n) is 11.8. The topological polar surface area (TPSA) is 126 Å². The Hall–Kier alpha value is -1.59. The van der Waals surface area contributed by atoms with Crippen LogP contribution in [0.5, 0.6) is 0 Å². The van der Waals surface area contributed by atoms with Crippen LogP contribution >= 0.6 is 34.8 Å². The van der Waals surface area contributed by atoms with Crippen LogP contribution in [0.15, 0.2) is 12.2 Å². The zero-order chi connectivity index (χ0) is 27.6. The molecule has 13 heteroatoms. The predicted octanol–water partition coefficient (Wildman–Crippen LogP) is 2.27. The van der Waals surface area contributed by atoms with Crippen LogP contribution in [0.1, 0.15) is 47.5 Å². The standard InChI is InChI=1S/C23H37Cl3N4O6/c1-7-9-17(35-6)14(4)19(31)28-18(13(2)3)20(32)27-15(5)21(33)30-11-8-10-16(29-30)22(34)36-12-23(24,25)26/h7,9,13-18,29H,8,10-12H2,1-6H3,(H,27,32)(H,28,31)/b9-7+/t14-,15+,16+,17-,18+/m1/s1. The number of amides is 3. The molecule has 10 nitrogen and oxygen atoms in total. The van der Waals surface area contributed by atoms with Gasteiger partial charge in [-0.2, -0.15) is 0 Å². The zero-order valence-electron chi connectivity index (χ0n) is 21.5. The number of allylic oxidation sites excluding steroid dienone is 1. The van der Waals surface area contributed by atoms with Crippen molar-refractivity contribution in [1.82, 2.24) is 21.1 Å². The molecule has 0 aromatic heterocycles. The molecule has 0 saturated carbocycles. The quantitative estimate of drug-likeness (QED) is 0.197. The van der Waals surface area contributed by atoms with E-state index in [0.717, 1.165) is 0 Å². The number of nitrogens with one attached hydrogen (secondary N) is 3. The smallest absolute Gasteiger partial charge is 0.325 e. The summed E-state index contributed by atoms with van der Waals surface area (Å²) in [4.78, 5) is 51.0. The highest BCUT2D eigenvalue weighted by molar-refractivity contribution is 6.67. The van der Waals surface area contributed by atoms with Gasteiger partial charge in [0.2, 0.25) is 15.6 Å². The number of hydrogen-bond donors (Lipinski definition) is 3. The lowest BCUT2D eigenvalue weighted by atomic mass is 9.99. The average Bonchev–Trinajstić information content (AvgIpc) is 2.82. The van der Waals surface area contributed by atoms with E-state index in [1.54, 1.807) is 32.9 Å². The first kappa shape index (κ1) is 32.4. The van der Waals surface area contributed by atoms with Crippen molar-refractivity contribution in [3.8, 4) is 0 Å². The van der Waals surface area contributed by atoms with E-state index in [0.29, 0.717) is 19.4 Å². The second kappa shape index (κ2) is 15.0. The summed E-state index contributed by atoms with van der Waals surface area (Å²) < 4.78 is 8.59. The molecule has 206 valence electrons. The molecule has 0 aromatic carbocycles. The van der Waals surface area contributed by atoms with Gasteiger partial charge in [0.1, 0.15) is 24.7 Å². The molecule has 36 heavy (non-hydrogen) atoms. The third-order valence-electron chi connectivity index (χ3n) is 5.65. The maximum atomic E-state index is 13.0. The van der Waals surface area contributed by atoms with E-state index in [2.05, 4.69) is 16.1 Å². The summed E-state index contributed by atoms with van der Waals surface area (Å²) in [5, 5.41) is 6.69. The van der Waals surface area contributed by atoms with Crippen molar-refractivity contribution in [2.24, 2.45) is 11.8 Å². The molecule has 0 unspecified atom stereocenters. The van der Waals surface area contributed by atoms with Gasteiger partial charge in [0.15, 0.2) is 0 Å². The summed E-state index contributed by atoms with van der Waals surface area (Å²) >= 11 is 16.8.